The van der Waals surface area contributed by atoms with E-state index in [0.29, 0.717) is 18.5 Å². The third-order valence-electron chi connectivity index (χ3n) is 7.62. The Hall–Kier alpha value is -2.20. The van der Waals surface area contributed by atoms with Crippen molar-refractivity contribution in [3.8, 4) is 0 Å². The Morgan fingerprint density at radius 1 is 1.28 bits per heavy atom. The summed E-state index contributed by atoms with van der Waals surface area (Å²) >= 11 is 0. The number of hydrogen-bond donors (Lipinski definition) is 3. The minimum absolute atomic E-state index is 0.186. The summed E-state index contributed by atoms with van der Waals surface area (Å²) in [5, 5.41) is 24.4. The fourth-order valence-electron chi connectivity index (χ4n) is 4.75. The number of Topliss-reactive ketones (excluding diaryl/α,β-unsaturated/α-hetero) is 1. The van der Waals surface area contributed by atoms with Gasteiger partial charge < -0.3 is 25.0 Å². The number of pyridine rings is 1. The minimum atomic E-state index is -1.33. The van der Waals surface area contributed by atoms with Crippen LogP contribution >= 0.6 is 0 Å². The number of carbonyl (C=O) groups excluding carboxylic acids is 2. The molecule has 0 bridgehead atoms. The molecule has 36 heavy (non-hydrogen) atoms. The number of aromatic nitrogens is 1. The van der Waals surface area contributed by atoms with E-state index in [2.05, 4.69) is 10.3 Å². The van der Waals surface area contributed by atoms with Gasteiger partial charge in [0.05, 0.1) is 53.6 Å². The number of rotatable bonds is 3. The normalized spacial score (nSPS) is 36.6. The molecule has 0 aromatic carbocycles. The Morgan fingerprint density at radius 3 is 2.64 bits per heavy atom. The zero-order valence-corrected chi connectivity index (χ0v) is 21.7. The number of nitrogens with zero attached hydrogens (tertiary/aromatic N) is 1. The summed E-state index contributed by atoms with van der Waals surface area (Å²) in [6.07, 6.45) is 0.152. The largest absolute Gasteiger partial charge is 0.392 e. The molecule has 8 nitrogen and oxygen atoms in total. The predicted octanol–water partition coefficient (Wildman–Crippen LogP) is 2.97. The average Bonchev–Trinajstić information content (AvgIpc) is 3.47. The van der Waals surface area contributed by atoms with Crippen LogP contribution < -0.4 is 5.32 Å². The number of carbonyl (C=O) groups is 2. The van der Waals surface area contributed by atoms with E-state index in [1.54, 1.807) is 52.1 Å². The van der Waals surface area contributed by atoms with E-state index < -0.39 is 59.4 Å². The maximum atomic E-state index is 15.3. The van der Waals surface area contributed by atoms with Crippen molar-refractivity contribution in [1.82, 2.24) is 10.3 Å². The number of ketones is 1. The van der Waals surface area contributed by atoms with Crippen LogP contribution in [0.2, 0.25) is 0 Å². The molecule has 200 valence electrons. The van der Waals surface area contributed by atoms with Crippen LogP contribution in [0.1, 0.15) is 66.0 Å². The number of nitrogens with one attached hydrogen (secondary N) is 1. The fraction of sp³-hybridized carbons (Fsp3) is 0.667. The lowest BCUT2D eigenvalue weighted by Crippen LogP contribution is -2.49. The highest BCUT2D eigenvalue weighted by atomic mass is 19.1. The summed E-state index contributed by atoms with van der Waals surface area (Å²) in [6.45, 7) is 8.79. The zero-order chi connectivity index (χ0) is 26.7. The summed E-state index contributed by atoms with van der Waals surface area (Å²) in [7, 11) is 0. The number of aliphatic hydroxyl groups is 2. The highest BCUT2D eigenvalue weighted by Crippen LogP contribution is 2.43. The highest BCUT2D eigenvalue weighted by Gasteiger charge is 2.53. The Labute approximate surface area is 212 Å². The van der Waals surface area contributed by atoms with Gasteiger partial charge in [-0.05, 0) is 38.5 Å². The number of ether oxygens (including phenoxy) is 2. The molecule has 2 aliphatic heterocycles. The first-order valence-corrected chi connectivity index (χ1v) is 12.7. The van der Waals surface area contributed by atoms with Gasteiger partial charge in [-0.2, -0.15) is 0 Å². The maximum Gasteiger partial charge on any atom is 0.223 e. The maximum absolute atomic E-state index is 15.3. The smallest absolute Gasteiger partial charge is 0.223 e. The van der Waals surface area contributed by atoms with Crippen molar-refractivity contribution in [3.05, 3.63) is 35.9 Å². The summed E-state index contributed by atoms with van der Waals surface area (Å²) < 4.78 is 27.1. The van der Waals surface area contributed by atoms with Crippen molar-refractivity contribution in [2.24, 2.45) is 11.3 Å². The van der Waals surface area contributed by atoms with Gasteiger partial charge in [0.2, 0.25) is 5.91 Å². The first kappa shape index (κ1) is 28.4. The molecule has 9 heteroatoms. The van der Waals surface area contributed by atoms with E-state index >= 15 is 4.39 Å². The van der Waals surface area contributed by atoms with Crippen LogP contribution in [-0.4, -0.2) is 69.6 Å². The Balaban J connectivity index is 1.87. The topological polar surface area (TPSA) is 121 Å². The van der Waals surface area contributed by atoms with E-state index in [4.69, 9.17) is 9.47 Å². The van der Waals surface area contributed by atoms with Crippen molar-refractivity contribution < 1.29 is 33.7 Å². The highest BCUT2D eigenvalue weighted by molar-refractivity contribution is 5.88. The lowest BCUT2D eigenvalue weighted by Gasteiger charge is -2.35. The second-order valence-electron chi connectivity index (χ2n) is 10.7. The summed E-state index contributed by atoms with van der Waals surface area (Å²) in [5.41, 5.74) is -1.46. The van der Waals surface area contributed by atoms with E-state index in [0.717, 1.165) is 0 Å². The Bertz CT molecular complexity index is 955. The molecule has 1 amide bonds. The molecule has 0 radical (unpaired) electrons. The summed E-state index contributed by atoms with van der Waals surface area (Å²) in [6, 6.07) is 4.13. The van der Waals surface area contributed by atoms with Gasteiger partial charge in [-0.15, -0.1) is 0 Å². The van der Waals surface area contributed by atoms with Crippen LogP contribution in [0.5, 0.6) is 0 Å². The molecule has 2 saturated heterocycles. The van der Waals surface area contributed by atoms with E-state index in [1.165, 1.54) is 6.08 Å². The monoisotopic (exact) mass is 506 g/mol. The van der Waals surface area contributed by atoms with Gasteiger partial charge in [0.25, 0.3) is 0 Å². The molecule has 2 aliphatic rings. The van der Waals surface area contributed by atoms with Crippen molar-refractivity contribution in [2.45, 2.75) is 96.4 Å². The van der Waals surface area contributed by atoms with Gasteiger partial charge in [0, 0.05) is 31.6 Å². The van der Waals surface area contributed by atoms with Crippen LogP contribution in [-0.2, 0) is 19.1 Å². The molecule has 3 rings (SSSR count). The number of amides is 1. The van der Waals surface area contributed by atoms with Crippen molar-refractivity contribution in [1.29, 1.82) is 0 Å². The zero-order valence-electron chi connectivity index (χ0n) is 21.7. The standard InChI is InChI=1S/C27H39FN2O6/c1-6-18-24(33)16(2)35-12-10-27(5)22(36-27)14-20(19(28)13-17-9-7-8-11-29-17)30-23(32)15-21(31)26(3,4)25(18)34/h7-9,11,13,16,18,20-22,24,31,33H,6,10,12,14-15H2,1-5H3,(H,30,32)/t16?,18-,20+,21+,22+,24?,27?/m1/s1. The van der Waals surface area contributed by atoms with Gasteiger partial charge in [-0.1, -0.05) is 26.8 Å². The number of hydrogen-bond acceptors (Lipinski definition) is 7. The lowest BCUT2D eigenvalue weighted by atomic mass is 9.72. The third kappa shape index (κ3) is 6.56. The second-order valence-corrected chi connectivity index (χ2v) is 10.7. The molecule has 7 atom stereocenters. The SMILES string of the molecule is CC[C@H]1C(=O)C(C)(C)[C@@H](O)CC(=O)N[C@H](C(F)=Cc2ccccn2)C[C@@H]2OC2(C)CCOC(C)C1O. The van der Waals surface area contributed by atoms with Crippen LogP contribution in [0.3, 0.4) is 0 Å². The lowest BCUT2D eigenvalue weighted by molar-refractivity contribution is -0.147. The molecule has 0 spiro atoms. The molecule has 0 aliphatic carbocycles. The number of epoxide rings is 1. The van der Waals surface area contributed by atoms with Crippen molar-refractivity contribution >= 4 is 17.8 Å². The predicted molar refractivity (Wildman–Crippen MR) is 132 cm³/mol. The molecule has 3 N–H and O–H groups in total. The molecule has 1 aromatic heterocycles. The average molecular weight is 507 g/mol. The first-order valence-electron chi connectivity index (χ1n) is 12.7. The van der Waals surface area contributed by atoms with Gasteiger partial charge in [0.1, 0.15) is 11.6 Å². The van der Waals surface area contributed by atoms with Gasteiger partial charge in [0.15, 0.2) is 0 Å². The van der Waals surface area contributed by atoms with E-state index in [9.17, 15) is 19.8 Å². The van der Waals surface area contributed by atoms with Crippen molar-refractivity contribution in [2.75, 3.05) is 6.61 Å². The van der Waals surface area contributed by atoms with Crippen LogP contribution in [0.4, 0.5) is 4.39 Å². The molecular formula is C27H39FN2O6. The van der Waals surface area contributed by atoms with Gasteiger partial charge in [-0.3, -0.25) is 14.6 Å². The van der Waals surface area contributed by atoms with Crippen molar-refractivity contribution in [3.63, 3.8) is 0 Å². The number of fused-ring (bicyclic) bond motifs is 1. The molecule has 3 heterocycles. The number of aliphatic hydroxyl groups excluding tert-OH is 2. The Morgan fingerprint density at radius 2 is 2.00 bits per heavy atom. The van der Waals surface area contributed by atoms with E-state index in [1.807, 2.05) is 6.92 Å². The molecule has 3 unspecified atom stereocenters. The summed E-state index contributed by atoms with van der Waals surface area (Å²) in [5.74, 6) is -2.29. The number of halogens is 1. The molecule has 2 fully saturated rings. The molecule has 0 saturated carbocycles. The third-order valence-corrected chi connectivity index (χ3v) is 7.62. The van der Waals surface area contributed by atoms with Crippen LogP contribution in [0, 0.1) is 11.3 Å². The molecule has 1 aromatic rings. The minimum Gasteiger partial charge on any atom is -0.392 e. The van der Waals surface area contributed by atoms with Gasteiger partial charge >= 0.3 is 0 Å². The Kier molecular flexibility index (Phi) is 9.03. The van der Waals surface area contributed by atoms with Gasteiger partial charge in [-0.25, -0.2) is 4.39 Å². The second kappa shape index (κ2) is 11.5. The molecular weight excluding hydrogens is 467 g/mol. The fourth-order valence-corrected chi connectivity index (χ4v) is 4.75. The first-order chi connectivity index (χ1) is 16.9. The quantitative estimate of drug-likeness (QED) is 0.539. The summed E-state index contributed by atoms with van der Waals surface area (Å²) in [4.78, 5) is 30.4. The van der Waals surface area contributed by atoms with Crippen LogP contribution in [0.15, 0.2) is 30.2 Å². The van der Waals surface area contributed by atoms with E-state index in [-0.39, 0.29) is 24.9 Å². The van der Waals surface area contributed by atoms with Crippen LogP contribution in [0.25, 0.3) is 6.08 Å².